The van der Waals surface area contributed by atoms with Gasteiger partial charge in [0.2, 0.25) is 0 Å². The Kier molecular flexibility index (Phi) is 4.75. The van der Waals surface area contributed by atoms with Crippen molar-refractivity contribution >= 4 is 29.3 Å². The maximum Gasteiger partial charge on any atom is 0.193 e. The van der Waals surface area contributed by atoms with Crippen LogP contribution in [-0.4, -0.2) is 35.4 Å². The number of benzene rings is 2. The maximum absolute atomic E-state index is 13.0. The average molecular weight is 384 g/mol. The number of aromatic nitrogens is 2. The number of fused-ring (bicyclic) bond motifs is 1. The summed E-state index contributed by atoms with van der Waals surface area (Å²) in [6.07, 6.45) is 2.63. The lowest BCUT2D eigenvalue weighted by Gasteiger charge is -2.09. The Balaban J connectivity index is 1.76. The topological polar surface area (TPSA) is 89.1 Å². The molecule has 0 bridgehead atoms. The number of nitrogens with zero attached hydrogens (tertiary/aromatic N) is 1. The molecule has 0 saturated heterocycles. The third kappa shape index (κ3) is 3.32. The molecular formula is C23H16N2O4. The van der Waals surface area contributed by atoms with Crippen molar-refractivity contribution in [3.8, 4) is 17.1 Å². The van der Waals surface area contributed by atoms with Crippen molar-refractivity contribution < 1.29 is 19.1 Å². The summed E-state index contributed by atoms with van der Waals surface area (Å²) in [6.45, 7) is 0. The fourth-order valence-electron chi connectivity index (χ4n) is 3.27. The molecule has 6 heteroatoms. The Morgan fingerprint density at radius 1 is 1.00 bits per heavy atom. The van der Waals surface area contributed by atoms with Crippen molar-refractivity contribution in [1.82, 2.24) is 9.97 Å². The van der Waals surface area contributed by atoms with E-state index in [1.54, 1.807) is 18.3 Å². The molecule has 0 atom stereocenters. The second-order valence-electron chi connectivity index (χ2n) is 6.45. The van der Waals surface area contributed by atoms with Gasteiger partial charge in [0.15, 0.2) is 18.4 Å². The number of aromatic amines is 1. The number of ketones is 1. The normalized spacial score (nSPS) is 10.7. The first-order valence-electron chi connectivity index (χ1n) is 8.86. The first-order valence-corrected chi connectivity index (χ1v) is 8.86. The van der Waals surface area contributed by atoms with Gasteiger partial charge in [-0.05, 0) is 36.4 Å². The number of para-hydroxylation sites is 1. The molecule has 0 amide bonds. The second-order valence-corrected chi connectivity index (χ2v) is 6.45. The molecule has 2 heterocycles. The molecular weight excluding hydrogens is 368 g/mol. The Morgan fingerprint density at radius 2 is 1.83 bits per heavy atom. The molecule has 0 aliphatic carbocycles. The van der Waals surface area contributed by atoms with E-state index < -0.39 is 0 Å². The fourth-order valence-corrected chi connectivity index (χ4v) is 3.27. The fraction of sp³-hybridized carbons (Fsp3) is 0.0435. The lowest BCUT2D eigenvalue weighted by molar-refractivity contribution is 0.103. The van der Waals surface area contributed by atoms with E-state index in [1.165, 1.54) is 19.2 Å². The number of methoxy groups -OCH3 is 1. The first-order chi connectivity index (χ1) is 14.1. The molecule has 29 heavy (non-hydrogen) atoms. The van der Waals surface area contributed by atoms with Crippen LogP contribution in [0.25, 0.3) is 22.3 Å². The van der Waals surface area contributed by atoms with Crippen LogP contribution in [0.1, 0.15) is 36.6 Å². The average Bonchev–Trinajstić information content (AvgIpc) is 3.22. The van der Waals surface area contributed by atoms with Crippen molar-refractivity contribution in [2.45, 2.75) is 0 Å². The highest BCUT2D eigenvalue weighted by atomic mass is 16.5. The minimum Gasteiger partial charge on any atom is -0.496 e. The van der Waals surface area contributed by atoms with Gasteiger partial charge >= 0.3 is 0 Å². The molecule has 0 aliphatic rings. The van der Waals surface area contributed by atoms with Gasteiger partial charge in [-0.3, -0.25) is 19.4 Å². The molecule has 2 aromatic heterocycles. The zero-order valence-corrected chi connectivity index (χ0v) is 15.5. The molecule has 4 aromatic rings. The summed E-state index contributed by atoms with van der Waals surface area (Å²) in [5, 5.41) is 1.05. The summed E-state index contributed by atoms with van der Waals surface area (Å²) < 4.78 is 5.17. The van der Waals surface area contributed by atoms with E-state index in [0.29, 0.717) is 23.8 Å². The summed E-state index contributed by atoms with van der Waals surface area (Å²) in [5.41, 5.74) is 3.28. The predicted molar refractivity (Wildman–Crippen MR) is 109 cm³/mol. The van der Waals surface area contributed by atoms with Crippen LogP contribution in [0.15, 0.2) is 60.8 Å². The van der Waals surface area contributed by atoms with Crippen molar-refractivity contribution in [1.29, 1.82) is 0 Å². The third-order valence-electron chi connectivity index (χ3n) is 4.73. The first kappa shape index (κ1) is 18.3. The highest BCUT2D eigenvalue weighted by Gasteiger charge is 2.17. The predicted octanol–water partition coefficient (Wildman–Crippen LogP) is 4.09. The van der Waals surface area contributed by atoms with Crippen LogP contribution in [0.2, 0.25) is 0 Å². The van der Waals surface area contributed by atoms with Gasteiger partial charge in [0.25, 0.3) is 0 Å². The molecule has 1 N–H and O–H groups in total. The molecule has 0 spiro atoms. The van der Waals surface area contributed by atoms with Crippen molar-refractivity contribution in [2.24, 2.45) is 0 Å². The molecule has 4 rings (SSSR count). The standard InChI is InChI=1S/C23H16N2O4/c1-29-22-11-16(8-17(12-26)18(22)13-27)23(28)15-6-7-24-20(10-15)21-9-14-4-2-3-5-19(14)25-21/h2-13,25H,1H3. The number of ether oxygens (including phenoxy) is 1. The van der Waals surface area contributed by atoms with E-state index in [2.05, 4.69) is 9.97 Å². The lowest BCUT2D eigenvalue weighted by atomic mass is 9.98. The highest BCUT2D eigenvalue weighted by Crippen LogP contribution is 2.26. The van der Waals surface area contributed by atoms with Crippen LogP contribution in [0.5, 0.6) is 5.75 Å². The summed E-state index contributed by atoms with van der Waals surface area (Å²) >= 11 is 0. The number of H-pyrrole nitrogens is 1. The van der Waals surface area contributed by atoms with E-state index in [0.717, 1.165) is 16.6 Å². The van der Waals surface area contributed by atoms with E-state index in [1.807, 2.05) is 30.3 Å². The van der Waals surface area contributed by atoms with Gasteiger partial charge in [0.05, 0.1) is 24.1 Å². The van der Waals surface area contributed by atoms with Gasteiger partial charge in [0.1, 0.15) is 5.75 Å². The van der Waals surface area contributed by atoms with Gasteiger partial charge in [-0.15, -0.1) is 0 Å². The molecule has 6 nitrogen and oxygen atoms in total. The highest BCUT2D eigenvalue weighted by molar-refractivity contribution is 6.11. The Morgan fingerprint density at radius 3 is 2.55 bits per heavy atom. The molecule has 0 saturated carbocycles. The minimum atomic E-state index is -0.302. The molecule has 0 radical (unpaired) electrons. The van der Waals surface area contributed by atoms with E-state index in [4.69, 9.17) is 4.74 Å². The summed E-state index contributed by atoms with van der Waals surface area (Å²) in [4.78, 5) is 43.3. The maximum atomic E-state index is 13.0. The van der Waals surface area contributed by atoms with Crippen LogP contribution < -0.4 is 4.74 Å². The molecule has 2 aromatic carbocycles. The van der Waals surface area contributed by atoms with Gasteiger partial charge < -0.3 is 9.72 Å². The number of nitrogens with one attached hydrogen (secondary N) is 1. The number of rotatable bonds is 6. The third-order valence-corrected chi connectivity index (χ3v) is 4.73. The number of carbonyl (C=O) groups excluding carboxylic acids is 3. The van der Waals surface area contributed by atoms with Crippen molar-refractivity contribution in [3.63, 3.8) is 0 Å². The van der Waals surface area contributed by atoms with Gasteiger partial charge in [0, 0.05) is 33.8 Å². The van der Waals surface area contributed by atoms with Crippen molar-refractivity contribution in [2.75, 3.05) is 7.11 Å². The van der Waals surface area contributed by atoms with Gasteiger partial charge in [-0.25, -0.2) is 0 Å². The number of hydrogen-bond donors (Lipinski definition) is 1. The van der Waals surface area contributed by atoms with Gasteiger partial charge in [-0.2, -0.15) is 0 Å². The largest absolute Gasteiger partial charge is 0.496 e. The number of pyridine rings is 1. The SMILES string of the molecule is COc1cc(C(=O)c2ccnc(-c3cc4ccccc4[nH]3)c2)cc(C=O)c1C=O. The second kappa shape index (κ2) is 7.52. The van der Waals surface area contributed by atoms with E-state index >= 15 is 0 Å². The zero-order chi connectivity index (χ0) is 20.4. The lowest BCUT2D eigenvalue weighted by Crippen LogP contribution is -2.06. The monoisotopic (exact) mass is 384 g/mol. The van der Waals surface area contributed by atoms with E-state index in [-0.39, 0.29) is 28.2 Å². The summed E-state index contributed by atoms with van der Waals surface area (Å²) in [6, 6.07) is 16.0. The Bertz CT molecular complexity index is 1220. The molecule has 0 aliphatic heterocycles. The van der Waals surface area contributed by atoms with E-state index in [9.17, 15) is 14.4 Å². The number of carbonyl (C=O) groups is 3. The number of aldehydes is 2. The minimum absolute atomic E-state index is 0.104. The van der Waals surface area contributed by atoms with Crippen LogP contribution in [0, 0.1) is 0 Å². The van der Waals surface area contributed by atoms with Crippen LogP contribution in [0.3, 0.4) is 0 Å². The molecule has 0 unspecified atom stereocenters. The van der Waals surface area contributed by atoms with Crippen LogP contribution >= 0.6 is 0 Å². The summed E-state index contributed by atoms with van der Waals surface area (Å²) in [7, 11) is 1.38. The molecule has 0 fully saturated rings. The molecule has 142 valence electrons. The van der Waals surface area contributed by atoms with Gasteiger partial charge in [-0.1, -0.05) is 18.2 Å². The van der Waals surface area contributed by atoms with Crippen LogP contribution in [-0.2, 0) is 0 Å². The zero-order valence-electron chi connectivity index (χ0n) is 15.5. The van der Waals surface area contributed by atoms with Crippen LogP contribution in [0.4, 0.5) is 0 Å². The quantitative estimate of drug-likeness (QED) is 0.399. The Labute approximate surface area is 166 Å². The smallest absolute Gasteiger partial charge is 0.193 e. The summed E-state index contributed by atoms with van der Waals surface area (Å²) in [5.74, 6) is -0.124. The van der Waals surface area contributed by atoms with Crippen molar-refractivity contribution in [3.05, 3.63) is 83.0 Å². The number of hydrogen-bond acceptors (Lipinski definition) is 5. The Hall–Kier alpha value is -4.06.